The third-order valence-corrected chi connectivity index (χ3v) is 3.11. The van der Waals surface area contributed by atoms with Gasteiger partial charge in [0.25, 0.3) is 0 Å². The largest absolute Gasteiger partial charge is 0.385 e. The van der Waals surface area contributed by atoms with Crippen molar-refractivity contribution in [1.82, 2.24) is 15.5 Å². The Balaban J connectivity index is 2.23. The molecule has 0 aliphatic carbocycles. The van der Waals surface area contributed by atoms with E-state index in [0.717, 1.165) is 6.42 Å². The Bertz CT molecular complexity index is 511. The molecule has 0 aliphatic rings. The molecule has 0 saturated heterocycles. The molecule has 0 spiro atoms. The first kappa shape index (κ1) is 19.1. The summed E-state index contributed by atoms with van der Waals surface area (Å²) in [6.07, 6.45) is 0.745. The van der Waals surface area contributed by atoms with Crippen LogP contribution >= 0.6 is 0 Å². The van der Waals surface area contributed by atoms with E-state index in [2.05, 4.69) is 10.6 Å². The van der Waals surface area contributed by atoms with E-state index in [1.54, 1.807) is 37.3 Å². The summed E-state index contributed by atoms with van der Waals surface area (Å²) in [5.41, 5.74) is 0.430. The molecule has 128 valence electrons. The molecule has 7 heteroatoms. The lowest BCUT2D eigenvalue weighted by Crippen LogP contribution is -2.41. The van der Waals surface area contributed by atoms with Gasteiger partial charge >= 0.3 is 0 Å². The Labute approximate surface area is 136 Å². The van der Waals surface area contributed by atoms with Crippen molar-refractivity contribution in [3.05, 3.63) is 35.6 Å². The Kier molecular flexibility index (Phi) is 8.86. The Morgan fingerprint density at radius 2 is 1.83 bits per heavy atom. The van der Waals surface area contributed by atoms with Gasteiger partial charge in [-0.15, -0.1) is 0 Å². The number of halogens is 1. The van der Waals surface area contributed by atoms with Gasteiger partial charge in [0.1, 0.15) is 5.82 Å². The van der Waals surface area contributed by atoms with Crippen molar-refractivity contribution in [1.29, 1.82) is 0 Å². The lowest BCUT2D eigenvalue weighted by Gasteiger charge is -2.16. The average molecular weight is 325 g/mol. The molecule has 0 atom stereocenters. The molecule has 0 aliphatic heterocycles. The molecule has 0 heterocycles. The smallest absolute Gasteiger partial charge is 0.234 e. The van der Waals surface area contributed by atoms with Gasteiger partial charge in [0.05, 0.1) is 13.1 Å². The molecule has 23 heavy (non-hydrogen) atoms. The number of amides is 2. The average Bonchev–Trinajstić information content (AvgIpc) is 2.50. The van der Waals surface area contributed by atoms with Crippen LogP contribution in [0.15, 0.2) is 24.3 Å². The fourth-order valence-electron chi connectivity index (χ4n) is 1.94. The summed E-state index contributed by atoms with van der Waals surface area (Å²) in [6, 6.07) is 6.28. The van der Waals surface area contributed by atoms with E-state index in [1.165, 1.54) is 6.07 Å². The second-order valence-corrected chi connectivity index (χ2v) is 5.24. The maximum absolute atomic E-state index is 13.4. The molecule has 1 aromatic rings. The molecule has 0 aromatic heterocycles. The van der Waals surface area contributed by atoms with Crippen molar-refractivity contribution >= 4 is 11.8 Å². The van der Waals surface area contributed by atoms with Crippen molar-refractivity contribution in [2.75, 3.05) is 40.4 Å². The number of hydrogen-bond donors (Lipinski definition) is 2. The molecule has 1 aromatic carbocycles. The molecule has 2 N–H and O–H groups in total. The number of rotatable bonds is 10. The molecule has 0 radical (unpaired) electrons. The van der Waals surface area contributed by atoms with Crippen molar-refractivity contribution in [2.45, 2.75) is 13.0 Å². The quantitative estimate of drug-likeness (QED) is 0.616. The van der Waals surface area contributed by atoms with E-state index < -0.39 is 0 Å². The van der Waals surface area contributed by atoms with Crippen molar-refractivity contribution in [3.63, 3.8) is 0 Å². The minimum Gasteiger partial charge on any atom is -0.385 e. The standard InChI is InChI=1S/C16H24FN3O3/c1-20(11-15(21)18-8-5-9-23-2)12-16(22)19-10-13-6-3-4-7-14(13)17/h3-4,6-7H,5,8-12H2,1-2H3,(H,18,21)(H,19,22). The highest BCUT2D eigenvalue weighted by molar-refractivity contribution is 5.81. The van der Waals surface area contributed by atoms with E-state index >= 15 is 0 Å². The molecule has 2 amide bonds. The summed E-state index contributed by atoms with van der Waals surface area (Å²) in [4.78, 5) is 25.0. The Morgan fingerprint density at radius 1 is 1.17 bits per heavy atom. The van der Waals surface area contributed by atoms with Gasteiger partial charge in [0.15, 0.2) is 0 Å². The fourth-order valence-corrected chi connectivity index (χ4v) is 1.94. The normalized spacial score (nSPS) is 10.6. The number of nitrogens with one attached hydrogen (secondary N) is 2. The predicted octanol–water partition coefficient (Wildman–Crippen LogP) is 0.526. The van der Waals surface area contributed by atoms with Crippen molar-refractivity contribution in [3.8, 4) is 0 Å². The van der Waals surface area contributed by atoms with Crippen LogP contribution in [0.2, 0.25) is 0 Å². The van der Waals surface area contributed by atoms with Crippen LogP contribution in [0.3, 0.4) is 0 Å². The summed E-state index contributed by atoms with van der Waals surface area (Å²) < 4.78 is 18.3. The summed E-state index contributed by atoms with van der Waals surface area (Å²) in [5, 5.41) is 5.38. The first-order chi connectivity index (χ1) is 11.0. The minimum atomic E-state index is -0.350. The molecular weight excluding hydrogens is 301 g/mol. The van der Waals surface area contributed by atoms with Gasteiger partial charge in [-0.2, -0.15) is 0 Å². The topological polar surface area (TPSA) is 70.7 Å². The monoisotopic (exact) mass is 325 g/mol. The summed E-state index contributed by atoms with van der Waals surface area (Å²) >= 11 is 0. The summed E-state index contributed by atoms with van der Waals surface area (Å²) in [6.45, 7) is 1.46. The van der Waals surface area contributed by atoms with Crippen LogP contribution in [0.25, 0.3) is 0 Å². The fraction of sp³-hybridized carbons (Fsp3) is 0.500. The highest BCUT2D eigenvalue weighted by Gasteiger charge is 2.11. The summed E-state index contributed by atoms with van der Waals surface area (Å²) in [7, 11) is 3.28. The van der Waals surface area contributed by atoms with Gasteiger partial charge in [-0.25, -0.2) is 4.39 Å². The van der Waals surface area contributed by atoms with E-state index in [1.807, 2.05) is 0 Å². The second kappa shape index (κ2) is 10.7. The molecular formula is C16H24FN3O3. The lowest BCUT2D eigenvalue weighted by molar-refractivity contribution is -0.124. The number of likely N-dealkylation sites (N-methyl/N-ethyl adjacent to an activating group) is 1. The zero-order chi connectivity index (χ0) is 17.1. The third kappa shape index (κ3) is 8.27. The number of ether oxygens (including phenoxy) is 1. The van der Waals surface area contributed by atoms with Gasteiger partial charge < -0.3 is 15.4 Å². The molecule has 0 saturated carbocycles. The second-order valence-electron chi connectivity index (χ2n) is 5.24. The van der Waals surface area contributed by atoms with E-state index in [-0.39, 0.29) is 37.3 Å². The lowest BCUT2D eigenvalue weighted by atomic mass is 10.2. The van der Waals surface area contributed by atoms with Crippen LogP contribution in [-0.4, -0.2) is 57.1 Å². The minimum absolute atomic E-state index is 0.0694. The summed E-state index contributed by atoms with van der Waals surface area (Å²) in [5.74, 6) is -0.759. The maximum Gasteiger partial charge on any atom is 0.234 e. The van der Waals surface area contributed by atoms with Gasteiger partial charge in [-0.05, 0) is 19.5 Å². The third-order valence-electron chi connectivity index (χ3n) is 3.11. The SMILES string of the molecule is COCCCNC(=O)CN(C)CC(=O)NCc1ccccc1F. The molecule has 0 bridgehead atoms. The van der Waals surface area contributed by atoms with Crippen LogP contribution in [0.5, 0.6) is 0 Å². The van der Waals surface area contributed by atoms with Crippen LogP contribution in [-0.2, 0) is 20.9 Å². The van der Waals surface area contributed by atoms with E-state index in [0.29, 0.717) is 18.7 Å². The maximum atomic E-state index is 13.4. The number of methoxy groups -OCH3 is 1. The van der Waals surface area contributed by atoms with E-state index in [9.17, 15) is 14.0 Å². The number of carbonyl (C=O) groups excluding carboxylic acids is 2. The molecule has 0 fully saturated rings. The van der Waals surface area contributed by atoms with Gasteiger partial charge in [0.2, 0.25) is 11.8 Å². The van der Waals surface area contributed by atoms with Gasteiger partial charge in [-0.3, -0.25) is 14.5 Å². The van der Waals surface area contributed by atoms with Crippen LogP contribution in [0, 0.1) is 5.82 Å². The molecule has 1 rings (SSSR count). The highest BCUT2D eigenvalue weighted by Crippen LogP contribution is 2.05. The van der Waals surface area contributed by atoms with Gasteiger partial charge in [-0.1, -0.05) is 18.2 Å². The van der Waals surface area contributed by atoms with Crippen molar-refractivity contribution in [2.24, 2.45) is 0 Å². The van der Waals surface area contributed by atoms with Crippen LogP contribution in [0.1, 0.15) is 12.0 Å². The van der Waals surface area contributed by atoms with Crippen molar-refractivity contribution < 1.29 is 18.7 Å². The number of benzene rings is 1. The Morgan fingerprint density at radius 3 is 2.48 bits per heavy atom. The number of hydrogen-bond acceptors (Lipinski definition) is 4. The molecule has 0 unspecified atom stereocenters. The first-order valence-corrected chi connectivity index (χ1v) is 7.47. The Hall–Kier alpha value is -1.99. The number of nitrogens with zero attached hydrogens (tertiary/aromatic N) is 1. The van der Waals surface area contributed by atoms with Crippen LogP contribution < -0.4 is 10.6 Å². The number of carbonyl (C=O) groups is 2. The first-order valence-electron chi connectivity index (χ1n) is 7.47. The van der Waals surface area contributed by atoms with Gasteiger partial charge in [0, 0.05) is 32.4 Å². The highest BCUT2D eigenvalue weighted by atomic mass is 19.1. The molecule has 6 nitrogen and oxygen atoms in total. The van der Waals surface area contributed by atoms with E-state index in [4.69, 9.17) is 4.74 Å². The predicted molar refractivity (Wildman–Crippen MR) is 85.2 cm³/mol. The van der Waals surface area contributed by atoms with Crippen LogP contribution in [0.4, 0.5) is 4.39 Å². The zero-order valence-corrected chi connectivity index (χ0v) is 13.6. The zero-order valence-electron chi connectivity index (χ0n) is 13.6.